The number of phenolic OH excluding ortho intramolecular Hbond substituents is 1. The number of phenols is 1. The molecule has 0 saturated carbocycles. The van der Waals surface area contributed by atoms with Crippen LogP contribution < -0.4 is 5.32 Å². The average molecular weight is 225 g/mol. The fourth-order valence-electron chi connectivity index (χ4n) is 1.40. The second kappa shape index (κ2) is 7.60. The molecule has 0 spiro atoms. The van der Waals surface area contributed by atoms with E-state index in [4.69, 9.17) is 0 Å². The van der Waals surface area contributed by atoms with Gasteiger partial charge in [0.05, 0.1) is 0 Å². The van der Waals surface area contributed by atoms with Crippen LogP contribution in [-0.4, -0.2) is 23.7 Å². The smallest absolute Gasteiger partial charge is 0.115 e. The highest BCUT2D eigenvalue weighted by Gasteiger charge is 1.93. The summed E-state index contributed by atoms with van der Waals surface area (Å²) in [5, 5.41) is 12.6. The van der Waals surface area contributed by atoms with Gasteiger partial charge in [-0.05, 0) is 49.1 Å². The molecule has 0 aliphatic rings. The van der Waals surface area contributed by atoms with Crippen LogP contribution in [0.5, 0.6) is 5.75 Å². The second-order valence-electron chi connectivity index (χ2n) is 3.55. The van der Waals surface area contributed by atoms with Gasteiger partial charge in [-0.1, -0.05) is 12.1 Å². The van der Waals surface area contributed by atoms with Crippen molar-refractivity contribution in [2.45, 2.75) is 19.4 Å². The maximum atomic E-state index is 9.26. The lowest BCUT2D eigenvalue weighted by atomic mass is 10.2. The van der Waals surface area contributed by atoms with Crippen LogP contribution in [0.3, 0.4) is 0 Å². The lowest BCUT2D eigenvalue weighted by molar-refractivity contribution is 0.474. The third-order valence-electron chi connectivity index (χ3n) is 2.19. The van der Waals surface area contributed by atoms with E-state index in [-0.39, 0.29) is 0 Å². The maximum Gasteiger partial charge on any atom is 0.115 e. The fourth-order valence-corrected chi connectivity index (χ4v) is 1.89. The molecule has 0 aliphatic carbocycles. The first-order valence-corrected chi connectivity index (χ1v) is 6.70. The molecule has 84 valence electrons. The molecular formula is C12H19NOS. The molecule has 1 aromatic carbocycles. The lowest BCUT2D eigenvalue weighted by Gasteiger charge is -2.04. The number of hydrogen-bond donors (Lipinski definition) is 2. The molecule has 15 heavy (non-hydrogen) atoms. The highest BCUT2D eigenvalue weighted by atomic mass is 32.2. The summed E-state index contributed by atoms with van der Waals surface area (Å²) < 4.78 is 0. The second-order valence-corrected chi connectivity index (χ2v) is 4.53. The first kappa shape index (κ1) is 12.4. The van der Waals surface area contributed by atoms with Crippen molar-refractivity contribution in [3.8, 4) is 5.75 Å². The summed E-state index contributed by atoms with van der Waals surface area (Å²) in [6.45, 7) is 1.89. The summed E-state index contributed by atoms with van der Waals surface area (Å²) in [5.74, 6) is 1.59. The molecule has 0 atom stereocenters. The quantitative estimate of drug-likeness (QED) is 0.700. The fraction of sp³-hybridized carbons (Fsp3) is 0.500. The van der Waals surface area contributed by atoms with Gasteiger partial charge in [0.2, 0.25) is 0 Å². The van der Waals surface area contributed by atoms with Gasteiger partial charge in [-0.25, -0.2) is 0 Å². The number of unbranched alkanes of at least 4 members (excludes halogenated alkanes) is 1. The standard InChI is InChI=1S/C12H19NOS/c1-15-8-3-2-7-13-10-11-5-4-6-12(14)9-11/h4-6,9,13-14H,2-3,7-8,10H2,1H3. The predicted octanol–water partition coefficient (Wildman–Crippen LogP) is 2.63. The normalized spacial score (nSPS) is 10.5. The molecule has 0 fully saturated rings. The summed E-state index contributed by atoms with van der Waals surface area (Å²) in [6, 6.07) is 7.39. The van der Waals surface area contributed by atoms with Crippen LogP contribution in [0.25, 0.3) is 0 Å². The SMILES string of the molecule is CSCCCCNCc1cccc(O)c1. The lowest BCUT2D eigenvalue weighted by Crippen LogP contribution is -2.14. The molecule has 3 heteroatoms. The van der Waals surface area contributed by atoms with E-state index < -0.39 is 0 Å². The Hall–Kier alpha value is -0.670. The maximum absolute atomic E-state index is 9.26. The van der Waals surface area contributed by atoms with E-state index in [0.717, 1.165) is 18.7 Å². The Bertz CT molecular complexity index is 278. The molecule has 0 bridgehead atoms. The van der Waals surface area contributed by atoms with Crippen molar-refractivity contribution in [1.82, 2.24) is 5.32 Å². The van der Waals surface area contributed by atoms with E-state index in [0.29, 0.717) is 5.75 Å². The Morgan fingerprint density at radius 2 is 2.20 bits per heavy atom. The van der Waals surface area contributed by atoms with E-state index in [1.165, 1.54) is 18.6 Å². The minimum atomic E-state index is 0.344. The van der Waals surface area contributed by atoms with Gasteiger partial charge in [0.25, 0.3) is 0 Å². The van der Waals surface area contributed by atoms with Crippen molar-refractivity contribution in [3.63, 3.8) is 0 Å². The third kappa shape index (κ3) is 5.70. The molecule has 0 aliphatic heterocycles. The number of hydrogen-bond acceptors (Lipinski definition) is 3. The van der Waals surface area contributed by atoms with Crippen LogP contribution in [0.2, 0.25) is 0 Å². The van der Waals surface area contributed by atoms with Gasteiger partial charge in [0.1, 0.15) is 5.75 Å². The van der Waals surface area contributed by atoms with Crippen LogP contribution in [0, 0.1) is 0 Å². The van der Waals surface area contributed by atoms with Gasteiger partial charge in [0.15, 0.2) is 0 Å². The van der Waals surface area contributed by atoms with Crippen LogP contribution in [-0.2, 0) is 6.54 Å². The van der Waals surface area contributed by atoms with E-state index in [2.05, 4.69) is 11.6 Å². The van der Waals surface area contributed by atoms with Gasteiger partial charge < -0.3 is 10.4 Å². The Morgan fingerprint density at radius 1 is 1.33 bits per heavy atom. The molecule has 2 N–H and O–H groups in total. The summed E-state index contributed by atoms with van der Waals surface area (Å²) in [5.41, 5.74) is 1.14. The topological polar surface area (TPSA) is 32.3 Å². The molecule has 1 aromatic rings. The summed E-state index contributed by atoms with van der Waals surface area (Å²) >= 11 is 1.90. The number of benzene rings is 1. The van der Waals surface area contributed by atoms with E-state index in [1.807, 2.05) is 23.9 Å². The zero-order chi connectivity index (χ0) is 10.9. The third-order valence-corrected chi connectivity index (χ3v) is 2.89. The van der Waals surface area contributed by atoms with Gasteiger partial charge in [-0.2, -0.15) is 11.8 Å². The number of nitrogens with one attached hydrogen (secondary N) is 1. The first-order chi connectivity index (χ1) is 7.33. The van der Waals surface area contributed by atoms with Crippen LogP contribution >= 0.6 is 11.8 Å². The highest BCUT2D eigenvalue weighted by Crippen LogP contribution is 2.10. The number of rotatable bonds is 7. The Labute approximate surface area is 96.1 Å². The molecule has 0 heterocycles. The number of thioether (sulfide) groups is 1. The number of aromatic hydroxyl groups is 1. The Balaban J connectivity index is 2.10. The highest BCUT2D eigenvalue weighted by molar-refractivity contribution is 7.98. The van der Waals surface area contributed by atoms with Gasteiger partial charge in [-0.15, -0.1) is 0 Å². The molecule has 0 saturated heterocycles. The van der Waals surface area contributed by atoms with Crippen LogP contribution in [0.4, 0.5) is 0 Å². The molecule has 1 rings (SSSR count). The van der Waals surface area contributed by atoms with Crippen molar-refractivity contribution in [3.05, 3.63) is 29.8 Å². The molecular weight excluding hydrogens is 206 g/mol. The molecule has 0 aromatic heterocycles. The average Bonchev–Trinajstić information content (AvgIpc) is 2.23. The monoisotopic (exact) mass is 225 g/mol. The van der Waals surface area contributed by atoms with Crippen LogP contribution in [0.15, 0.2) is 24.3 Å². The minimum absolute atomic E-state index is 0.344. The molecule has 2 nitrogen and oxygen atoms in total. The zero-order valence-electron chi connectivity index (χ0n) is 9.20. The van der Waals surface area contributed by atoms with Crippen molar-refractivity contribution in [1.29, 1.82) is 0 Å². The Morgan fingerprint density at radius 3 is 2.93 bits per heavy atom. The van der Waals surface area contributed by atoms with E-state index >= 15 is 0 Å². The van der Waals surface area contributed by atoms with E-state index in [9.17, 15) is 5.11 Å². The molecule has 0 radical (unpaired) electrons. The van der Waals surface area contributed by atoms with Gasteiger partial charge >= 0.3 is 0 Å². The summed E-state index contributed by atoms with van der Waals surface area (Å²) in [4.78, 5) is 0. The Kier molecular flexibility index (Phi) is 6.28. The zero-order valence-corrected chi connectivity index (χ0v) is 10.0. The summed E-state index contributed by atoms with van der Waals surface area (Å²) in [6.07, 6.45) is 4.63. The van der Waals surface area contributed by atoms with Gasteiger partial charge in [0, 0.05) is 6.54 Å². The van der Waals surface area contributed by atoms with Gasteiger partial charge in [-0.3, -0.25) is 0 Å². The van der Waals surface area contributed by atoms with Crippen LogP contribution in [0.1, 0.15) is 18.4 Å². The van der Waals surface area contributed by atoms with Crippen molar-refractivity contribution < 1.29 is 5.11 Å². The van der Waals surface area contributed by atoms with Crippen molar-refractivity contribution >= 4 is 11.8 Å². The first-order valence-electron chi connectivity index (χ1n) is 5.30. The van der Waals surface area contributed by atoms with Crippen molar-refractivity contribution in [2.24, 2.45) is 0 Å². The largest absolute Gasteiger partial charge is 0.508 e. The predicted molar refractivity (Wildman–Crippen MR) is 67.4 cm³/mol. The molecule has 0 unspecified atom stereocenters. The molecule has 0 amide bonds. The minimum Gasteiger partial charge on any atom is -0.508 e. The van der Waals surface area contributed by atoms with Crippen molar-refractivity contribution in [2.75, 3.05) is 18.6 Å². The summed E-state index contributed by atoms with van der Waals surface area (Å²) in [7, 11) is 0. The van der Waals surface area contributed by atoms with E-state index in [1.54, 1.807) is 12.1 Å².